The number of carbonyl (C=O) groups is 2. The molecule has 6 heteroatoms. The molecule has 98 valence electrons. The van der Waals surface area contributed by atoms with Crippen LogP contribution in [0.4, 0.5) is 4.39 Å². The summed E-state index contributed by atoms with van der Waals surface area (Å²) in [6.45, 7) is 3.88. The number of amides is 2. The highest BCUT2D eigenvalue weighted by Crippen LogP contribution is 2.17. The van der Waals surface area contributed by atoms with Crippen LogP contribution >= 0.6 is 15.9 Å². The molecule has 1 rings (SSSR count). The van der Waals surface area contributed by atoms with Gasteiger partial charge in [-0.2, -0.15) is 0 Å². The molecule has 0 fully saturated rings. The maximum atomic E-state index is 12.9. The zero-order valence-corrected chi connectivity index (χ0v) is 11.7. The third-order valence-corrected chi connectivity index (χ3v) is 2.92. The Kier molecular flexibility index (Phi) is 5.27. The van der Waals surface area contributed by atoms with Crippen molar-refractivity contribution in [3.05, 3.63) is 34.1 Å². The molecule has 0 aromatic heterocycles. The minimum Gasteiger partial charge on any atom is -0.355 e. The predicted molar refractivity (Wildman–Crippen MR) is 69.7 cm³/mol. The van der Waals surface area contributed by atoms with Gasteiger partial charge in [0.05, 0.1) is 5.56 Å². The molecule has 0 spiro atoms. The lowest BCUT2D eigenvalue weighted by Gasteiger charge is -2.13. The zero-order valence-electron chi connectivity index (χ0n) is 10.1. The van der Waals surface area contributed by atoms with E-state index in [4.69, 9.17) is 0 Å². The Morgan fingerprint density at radius 2 is 2.11 bits per heavy atom. The molecular formula is C12H14BrFN2O2. The number of nitrogens with one attached hydrogen (secondary N) is 2. The molecule has 0 heterocycles. The van der Waals surface area contributed by atoms with Crippen molar-refractivity contribution >= 4 is 27.7 Å². The van der Waals surface area contributed by atoms with Crippen LogP contribution in [0.2, 0.25) is 0 Å². The Hall–Kier alpha value is -1.43. The monoisotopic (exact) mass is 316 g/mol. The first-order chi connectivity index (χ1) is 8.45. The first kappa shape index (κ1) is 14.6. The van der Waals surface area contributed by atoms with Gasteiger partial charge in [0.1, 0.15) is 11.9 Å². The number of carbonyl (C=O) groups excluding carboxylic acids is 2. The van der Waals surface area contributed by atoms with E-state index in [0.717, 1.165) is 0 Å². The maximum Gasteiger partial charge on any atom is 0.253 e. The molecule has 0 saturated heterocycles. The lowest BCUT2D eigenvalue weighted by Crippen LogP contribution is -2.44. The average Bonchev–Trinajstić information content (AvgIpc) is 2.28. The van der Waals surface area contributed by atoms with Crippen LogP contribution in [0.15, 0.2) is 22.7 Å². The van der Waals surface area contributed by atoms with Crippen molar-refractivity contribution in [3.8, 4) is 0 Å². The van der Waals surface area contributed by atoms with Crippen LogP contribution < -0.4 is 10.6 Å². The quantitative estimate of drug-likeness (QED) is 0.890. The summed E-state index contributed by atoms with van der Waals surface area (Å²) in [6.07, 6.45) is 0. The van der Waals surface area contributed by atoms with E-state index in [-0.39, 0.29) is 11.5 Å². The van der Waals surface area contributed by atoms with Crippen molar-refractivity contribution in [1.29, 1.82) is 0 Å². The van der Waals surface area contributed by atoms with E-state index in [9.17, 15) is 14.0 Å². The van der Waals surface area contributed by atoms with Crippen molar-refractivity contribution in [2.75, 3.05) is 6.54 Å². The first-order valence-corrected chi connectivity index (χ1v) is 6.28. The summed E-state index contributed by atoms with van der Waals surface area (Å²) in [6, 6.07) is 3.11. The minimum atomic E-state index is -0.644. The van der Waals surface area contributed by atoms with Crippen LogP contribution in [0.3, 0.4) is 0 Å². The number of benzene rings is 1. The minimum absolute atomic E-state index is 0.260. The molecule has 0 aliphatic carbocycles. The van der Waals surface area contributed by atoms with Crippen molar-refractivity contribution in [2.45, 2.75) is 19.9 Å². The molecular weight excluding hydrogens is 303 g/mol. The van der Waals surface area contributed by atoms with E-state index in [1.54, 1.807) is 13.8 Å². The summed E-state index contributed by atoms with van der Waals surface area (Å²) in [5.74, 6) is -1.13. The number of likely N-dealkylation sites (N-methyl/N-ethyl adjacent to an activating group) is 1. The Morgan fingerprint density at radius 1 is 1.44 bits per heavy atom. The van der Waals surface area contributed by atoms with Crippen LogP contribution in [0.25, 0.3) is 0 Å². The second-order valence-electron chi connectivity index (χ2n) is 3.71. The van der Waals surface area contributed by atoms with Crippen LogP contribution in [-0.2, 0) is 4.79 Å². The van der Waals surface area contributed by atoms with Gasteiger partial charge in [-0.3, -0.25) is 9.59 Å². The van der Waals surface area contributed by atoms with Gasteiger partial charge < -0.3 is 10.6 Å². The summed E-state index contributed by atoms with van der Waals surface area (Å²) in [4.78, 5) is 23.3. The van der Waals surface area contributed by atoms with Gasteiger partial charge in [0.15, 0.2) is 0 Å². The average molecular weight is 317 g/mol. The fourth-order valence-corrected chi connectivity index (χ4v) is 1.87. The van der Waals surface area contributed by atoms with E-state index < -0.39 is 17.8 Å². The summed E-state index contributed by atoms with van der Waals surface area (Å²) in [5.41, 5.74) is 0.285. The van der Waals surface area contributed by atoms with Crippen molar-refractivity contribution in [1.82, 2.24) is 10.6 Å². The lowest BCUT2D eigenvalue weighted by molar-refractivity contribution is -0.122. The smallest absolute Gasteiger partial charge is 0.253 e. The topological polar surface area (TPSA) is 58.2 Å². The highest BCUT2D eigenvalue weighted by atomic mass is 79.9. The summed E-state index contributed by atoms with van der Waals surface area (Å²) < 4.78 is 13.2. The molecule has 1 unspecified atom stereocenters. The summed E-state index contributed by atoms with van der Waals surface area (Å²) >= 11 is 3.10. The van der Waals surface area contributed by atoms with Gasteiger partial charge in [-0.1, -0.05) is 0 Å². The maximum absolute atomic E-state index is 12.9. The fraction of sp³-hybridized carbons (Fsp3) is 0.333. The van der Waals surface area contributed by atoms with E-state index in [1.165, 1.54) is 18.2 Å². The molecule has 1 aromatic carbocycles. The number of rotatable bonds is 4. The highest BCUT2D eigenvalue weighted by molar-refractivity contribution is 9.10. The van der Waals surface area contributed by atoms with Gasteiger partial charge in [0, 0.05) is 11.0 Å². The van der Waals surface area contributed by atoms with Gasteiger partial charge in [0.25, 0.3) is 5.91 Å². The van der Waals surface area contributed by atoms with Gasteiger partial charge in [-0.15, -0.1) is 0 Å². The van der Waals surface area contributed by atoms with Crippen LogP contribution in [-0.4, -0.2) is 24.4 Å². The van der Waals surface area contributed by atoms with Crippen molar-refractivity contribution in [2.24, 2.45) is 0 Å². The second kappa shape index (κ2) is 6.49. The molecule has 0 saturated carbocycles. The SMILES string of the molecule is CCNC(=O)C(C)NC(=O)c1ccc(F)cc1Br. The number of hydrogen-bond donors (Lipinski definition) is 2. The predicted octanol–water partition coefficient (Wildman–Crippen LogP) is 1.84. The molecule has 4 nitrogen and oxygen atoms in total. The van der Waals surface area contributed by atoms with Crippen LogP contribution in [0, 0.1) is 5.82 Å². The van der Waals surface area contributed by atoms with Gasteiger partial charge in [-0.05, 0) is 48.0 Å². The molecule has 2 amide bonds. The van der Waals surface area contributed by atoms with Crippen LogP contribution in [0.1, 0.15) is 24.2 Å². The highest BCUT2D eigenvalue weighted by Gasteiger charge is 2.17. The molecule has 18 heavy (non-hydrogen) atoms. The number of hydrogen-bond acceptors (Lipinski definition) is 2. The first-order valence-electron chi connectivity index (χ1n) is 5.49. The van der Waals surface area contributed by atoms with Gasteiger partial charge >= 0.3 is 0 Å². The molecule has 0 aliphatic heterocycles. The Balaban J connectivity index is 2.73. The second-order valence-corrected chi connectivity index (χ2v) is 4.57. The summed E-state index contributed by atoms with van der Waals surface area (Å²) in [5, 5.41) is 5.14. The van der Waals surface area contributed by atoms with E-state index in [0.29, 0.717) is 11.0 Å². The van der Waals surface area contributed by atoms with E-state index in [1.807, 2.05) is 0 Å². The third kappa shape index (κ3) is 3.80. The molecule has 0 bridgehead atoms. The van der Waals surface area contributed by atoms with Crippen LogP contribution in [0.5, 0.6) is 0 Å². The largest absolute Gasteiger partial charge is 0.355 e. The van der Waals surface area contributed by atoms with Gasteiger partial charge in [0.2, 0.25) is 5.91 Å². The van der Waals surface area contributed by atoms with Crippen molar-refractivity contribution < 1.29 is 14.0 Å². The normalized spacial score (nSPS) is 11.8. The summed E-state index contributed by atoms with van der Waals surface area (Å²) in [7, 11) is 0. The van der Waals surface area contributed by atoms with E-state index in [2.05, 4.69) is 26.6 Å². The molecule has 0 radical (unpaired) electrons. The standard InChI is InChI=1S/C12H14BrFN2O2/c1-3-15-11(17)7(2)16-12(18)9-5-4-8(14)6-10(9)13/h4-7H,3H2,1-2H3,(H,15,17)(H,16,18). The Labute approximate surface area is 113 Å². The zero-order chi connectivity index (χ0) is 13.7. The molecule has 1 aromatic rings. The Bertz CT molecular complexity index is 465. The molecule has 2 N–H and O–H groups in total. The third-order valence-electron chi connectivity index (χ3n) is 2.27. The molecule has 1 atom stereocenters. The van der Waals surface area contributed by atoms with Crippen molar-refractivity contribution in [3.63, 3.8) is 0 Å². The van der Waals surface area contributed by atoms with E-state index >= 15 is 0 Å². The lowest BCUT2D eigenvalue weighted by atomic mass is 10.2. The number of halogens is 2. The van der Waals surface area contributed by atoms with Gasteiger partial charge in [-0.25, -0.2) is 4.39 Å². The molecule has 0 aliphatic rings. The Morgan fingerprint density at radius 3 is 2.67 bits per heavy atom. The fourth-order valence-electron chi connectivity index (χ4n) is 1.34.